The number of aliphatic imine (C=N–C) groups is 1. The third-order valence-corrected chi connectivity index (χ3v) is 2.40. The molecule has 0 atom stereocenters. The summed E-state index contributed by atoms with van der Waals surface area (Å²) in [5, 5.41) is 0. The summed E-state index contributed by atoms with van der Waals surface area (Å²) in [7, 11) is 1.72. The maximum absolute atomic E-state index is 5.70. The Morgan fingerprint density at radius 3 is 2.92 bits per heavy atom. The number of nitrogen functional groups attached to an aromatic ring is 1. The van der Waals surface area contributed by atoms with Crippen LogP contribution in [0.15, 0.2) is 15.8 Å². The summed E-state index contributed by atoms with van der Waals surface area (Å²) >= 11 is 3.32. The summed E-state index contributed by atoms with van der Waals surface area (Å²) in [6.45, 7) is 1.95. The predicted octanol–water partition coefficient (Wildman–Crippen LogP) is 1.78. The van der Waals surface area contributed by atoms with Crippen molar-refractivity contribution in [2.24, 2.45) is 4.99 Å². The molecular formula is C8H10BrN3. The number of pyridine rings is 1. The van der Waals surface area contributed by atoms with Crippen molar-refractivity contribution < 1.29 is 0 Å². The van der Waals surface area contributed by atoms with Crippen LogP contribution in [0.25, 0.3) is 0 Å². The molecule has 2 N–H and O–H groups in total. The van der Waals surface area contributed by atoms with Crippen molar-refractivity contribution >= 4 is 27.8 Å². The SMILES string of the molecule is CN=Cc1c(N)cnc(Br)c1C. The van der Waals surface area contributed by atoms with E-state index in [1.807, 2.05) is 6.92 Å². The molecule has 0 saturated carbocycles. The van der Waals surface area contributed by atoms with Crippen LogP contribution >= 0.6 is 15.9 Å². The molecule has 0 aliphatic heterocycles. The fraction of sp³-hybridized carbons (Fsp3) is 0.250. The minimum absolute atomic E-state index is 0.654. The zero-order valence-corrected chi connectivity index (χ0v) is 8.59. The first-order chi connectivity index (χ1) is 5.66. The smallest absolute Gasteiger partial charge is 0.109 e. The van der Waals surface area contributed by atoms with E-state index < -0.39 is 0 Å². The molecule has 0 aliphatic rings. The van der Waals surface area contributed by atoms with Gasteiger partial charge in [0.05, 0.1) is 11.9 Å². The fourth-order valence-corrected chi connectivity index (χ4v) is 1.24. The number of anilines is 1. The van der Waals surface area contributed by atoms with Gasteiger partial charge < -0.3 is 5.73 Å². The highest BCUT2D eigenvalue weighted by Gasteiger charge is 2.04. The molecule has 0 aromatic carbocycles. The third kappa shape index (κ3) is 1.64. The first-order valence-corrected chi connectivity index (χ1v) is 4.29. The number of rotatable bonds is 1. The van der Waals surface area contributed by atoms with E-state index in [4.69, 9.17) is 5.73 Å². The van der Waals surface area contributed by atoms with Crippen molar-refractivity contribution in [2.45, 2.75) is 6.92 Å². The maximum atomic E-state index is 5.70. The van der Waals surface area contributed by atoms with E-state index in [1.54, 1.807) is 19.5 Å². The lowest BCUT2D eigenvalue weighted by Gasteiger charge is -2.04. The minimum atomic E-state index is 0.654. The van der Waals surface area contributed by atoms with E-state index in [0.29, 0.717) is 5.69 Å². The summed E-state index contributed by atoms with van der Waals surface area (Å²) in [6, 6.07) is 0. The Balaban J connectivity index is 3.32. The van der Waals surface area contributed by atoms with E-state index >= 15 is 0 Å². The molecule has 0 saturated heterocycles. The van der Waals surface area contributed by atoms with Gasteiger partial charge in [0.2, 0.25) is 0 Å². The highest BCUT2D eigenvalue weighted by molar-refractivity contribution is 9.10. The molecule has 0 fully saturated rings. The Hall–Kier alpha value is -0.900. The maximum Gasteiger partial charge on any atom is 0.109 e. The van der Waals surface area contributed by atoms with E-state index in [2.05, 4.69) is 25.9 Å². The van der Waals surface area contributed by atoms with Crippen LogP contribution in [-0.4, -0.2) is 18.2 Å². The number of nitrogens with zero attached hydrogens (tertiary/aromatic N) is 2. The van der Waals surface area contributed by atoms with Crippen molar-refractivity contribution in [2.75, 3.05) is 12.8 Å². The van der Waals surface area contributed by atoms with Gasteiger partial charge in [-0.2, -0.15) is 0 Å². The standard InChI is InChI=1S/C8H10BrN3/c1-5-6(3-11-2)7(10)4-12-8(5)9/h3-4H,10H2,1-2H3. The predicted molar refractivity (Wildman–Crippen MR) is 54.6 cm³/mol. The molecule has 0 aliphatic carbocycles. The largest absolute Gasteiger partial charge is 0.397 e. The molecule has 12 heavy (non-hydrogen) atoms. The van der Waals surface area contributed by atoms with Crippen LogP contribution in [0.3, 0.4) is 0 Å². The van der Waals surface area contributed by atoms with Gasteiger partial charge in [0.1, 0.15) is 4.60 Å². The van der Waals surface area contributed by atoms with Crippen LogP contribution in [0.2, 0.25) is 0 Å². The molecule has 0 spiro atoms. The van der Waals surface area contributed by atoms with Gasteiger partial charge in [-0.05, 0) is 28.4 Å². The lowest BCUT2D eigenvalue weighted by Crippen LogP contribution is -1.98. The van der Waals surface area contributed by atoms with E-state index in [0.717, 1.165) is 15.7 Å². The minimum Gasteiger partial charge on any atom is -0.397 e. The molecular weight excluding hydrogens is 218 g/mol. The van der Waals surface area contributed by atoms with Gasteiger partial charge in [-0.25, -0.2) is 4.98 Å². The molecule has 1 aromatic heterocycles. The van der Waals surface area contributed by atoms with Crippen molar-refractivity contribution in [3.05, 3.63) is 21.9 Å². The number of nitrogens with two attached hydrogens (primary N) is 1. The number of halogens is 1. The highest BCUT2D eigenvalue weighted by Crippen LogP contribution is 2.20. The molecule has 1 aromatic rings. The van der Waals surface area contributed by atoms with Gasteiger partial charge >= 0.3 is 0 Å². The molecule has 4 heteroatoms. The topological polar surface area (TPSA) is 51.3 Å². The quantitative estimate of drug-likeness (QED) is 0.588. The van der Waals surface area contributed by atoms with E-state index in [1.165, 1.54) is 0 Å². The van der Waals surface area contributed by atoms with Gasteiger partial charge in [-0.1, -0.05) is 0 Å². The average Bonchev–Trinajstić information content (AvgIpc) is 2.06. The van der Waals surface area contributed by atoms with E-state index in [-0.39, 0.29) is 0 Å². The van der Waals surface area contributed by atoms with E-state index in [9.17, 15) is 0 Å². The van der Waals surface area contributed by atoms with Crippen LogP contribution in [0.1, 0.15) is 11.1 Å². The zero-order valence-electron chi connectivity index (χ0n) is 7.00. The van der Waals surface area contributed by atoms with Crippen LogP contribution < -0.4 is 5.73 Å². The van der Waals surface area contributed by atoms with Crippen LogP contribution in [0.4, 0.5) is 5.69 Å². The zero-order chi connectivity index (χ0) is 9.14. The Bertz CT molecular complexity index is 320. The number of hydrogen-bond acceptors (Lipinski definition) is 3. The average molecular weight is 228 g/mol. The lowest BCUT2D eigenvalue weighted by molar-refractivity contribution is 1.21. The van der Waals surface area contributed by atoms with Gasteiger partial charge in [0.15, 0.2) is 0 Å². The van der Waals surface area contributed by atoms with Crippen LogP contribution in [-0.2, 0) is 0 Å². The summed E-state index contributed by atoms with van der Waals surface area (Å²) < 4.78 is 0.812. The summed E-state index contributed by atoms with van der Waals surface area (Å²) in [5.74, 6) is 0. The number of hydrogen-bond donors (Lipinski definition) is 1. The Labute approximate surface area is 79.8 Å². The Kier molecular flexibility index (Phi) is 2.81. The van der Waals surface area contributed by atoms with Crippen LogP contribution in [0.5, 0.6) is 0 Å². The summed E-state index contributed by atoms with van der Waals surface area (Å²) in [5.41, 5.74) is 8.30. The summed E-state index contributed by atoms with van der Waals surface area (Å²) in [6.07, 6.45) is 3.35. The van der Waals surface area contributed by atoms with Crippen molar-refractivity contribution in [3.8, 4) is 0 Å². The lowest BCUT2D eigenvalue weighted by atomic mass is 10.1. The van der Waals surface area contributed by atoms with Crippen molar-refractivity contribution in [1.82, 2.24) is 4.98 Å². The molecule has 0 bridgehead atoms. The van der Waals surface area contributed by atoms with Gasteiger partial charge in [-0.15, -0.1) is 0 Å². The second kappa shape index (κ2) is 3.67. The second-order valence-electron chi connectivity index (χ2n) is 2.43. The first kappa shape index (κ1) is 9.19. The van der Waals surface area contributed by atoms with Crippen molar-refractivity contribution in [1.29, 1.82) is 0 Å². The Morgan fingerprint density at radius 1 is 1.67 bits per heavy atom. The summed E-state index contributed by atoms with van der Waals surface area (Å²) in [4.78, 5) is 7.97. The normalized spacial score (nSPS) is 10.9. The molecule has 0 radical (unpaired) electrons. The second-order valence-corrected chi connectivity index (χ2v) is 3.18. The van der Waals surface area contributed by atoms with Gasteiger partial charge in [-0.3, -0.25) is 4.99 Å². The van der Waals surface area contributed by atoms with Crippen molar-refractivity contribution in [3.63, 3.8) is 0 Å². The van der Waals surface area contributed by atoms with Crippen LogP contribution in [0, 0.1) is 6.92 Å². The first-order valence-electron chi connectivity index (χ1n) is 3.49. The molecule has 0 unspecified atom stereocenters. The monoisotopic (exact) mass is 227 g/mol. The Morgan fingerprint density at radius 2 is 2.33 bits per heavy atom. The molecule has 1 rings (SSSR count). The molecule has 64 valence electrons. The fourth-order valence-electron chi connectivity index (χ4n) is 0.921. The van der Waals surface area contributed by atoms with Gasteiger partial charge in [0, 0.05) is 18.8 Å². The molecule has 3 nitrogen and oxygen atoms in total. The highest BCUT2D eigenvalue weighted by atomic mass is 79.9. The third-order valence-electron chi connectivity index (χ3n) is 1.60. The van der Waals surface area contributed by atoms with Gasteiger partial charge in [0.25, 0.3) is 0 Å². The number of aromatic nitrogens is 1. The molecule has 1 heterocycles. The molecule has 0 amide bonds.